The van der Waals surface area contributed by atoms with Crippen LogP contribution in [0.2, 0.25) is 0 Å². The zero-order valence-corrected chi connectivity index (χ0v) is 13.2. The first-order valence-corrected chi connectivity index (χ1v) is 8.35. The Morgan fingerprint density at radius 2 is 2.10 bits per heavy atom. The lowest BCUT2D eigenvalue weighted by atomic mass is 10.2. The second-order valence-electron chi connectivity index (χ2n) is 4.71. The van der Waals surface area contributed by atoms with Gasteiger partial charge < -0.3 is 4.57 Å². The minimum atomic E-state index is -3.52. The van der Waals surface area contributed by atoms with Crippen LogP contribution in [0.15, 0.2) is 33.9 Å². The molecule has 2 heterocycles. The molecule has 0 atom stereocenters. The van der Waals surface area contributed by atoms with Gasteiger partial charge >= 0.3 is 0 Å². The third kappa shape index (κ3) is 2.27. The second-order valence-corrected chi connectivity index (χ2v) is 7.47. The lowest BCUT2D eigenvalue weighted by Crippen LogP contribution is -2.38. The van der Waals surface area contributed by atoms with Crippen LogP contribution >= 0.6 is 15.9 Å². The predicted octanol–water partition coefficient (Wildman–Crippen LogP) is 1.55. The largest absolute Gasteiger partial charge is 0.315 e. The summed E-state index contributed by atoms with van der Waals surface area (Å²) in [6.45, 7) is 3.17. The van der Waals surface area contributed by atoms with Crippen molar-refractivity contribution in [1.82, 2.24) is 19.1 Å². The molecular formula is C12H13BrN4O2S. The van der Waals surface area contributed by atoms with Crippen molar-refractivity contribution in [3.8, 4) is 0 Å². The molecule has 0 bridgehead atoms. The smallest absolute Gasteiger partial charge is 0.244 e. The summed E-state index contributed by atoms with van der Waals surface area (Å²) in [6.07, 6.45) is 1.63. The van der Waals surface area contributed by atoms with Crippen LogP contribution in [0.3, 0.4) is 0 Å². The Labute approximate surface area is 125 Å². The zero-order chi connectivity index (χ0) is 14.3. The van der Waals surface area contributed by atoms with Crippen molar-refractivity contribution in [2.45, 2.75) is 24.9 Å². The van der Waals surface area contributed by atoms with Crippen molar-refractivity contribution in [3.05, 3.63) is 40.4 Å². The third-order valence-electron chi connectivity index (χ3n) is 3.31. The maximum atomic E-state index is 12.7. The normalized spacial score (nSPS) is 16.1. The molecule has 0 saturated heterocycles. The summed E-state index contributed by atoms with van der Waals surface area (Å²) in [5.41, 5.74) is 1.01. The molecule has 3 rings (SSSR count). The molecule has 1 aliphatic heterocycles. The van der Waals surface area contributed by atoms with Gasteiger partial charge in [-0.1, -0.05) is 6.07 Å². The quantitative estimate of drug-likeness (QED) is 0.818. The number of hydrogen-bond acceptors (Lipinski definition) is 4. The van der Waals surface area contributed by atoms with Crippen LogP contribution in [0.1, 0.15) is 11.4 Å². The summed E-state index contributed by atoms with van der Waals surface area (Å²) < 4.78 is 29.3. The van der Waals surface area contributed by atoms with E-state index < -0.39 is 10.0 Å². The van der Waals surface area contributed by atoms with E-state index in [1.54, 1.807) is 24.5 Å². The fourth-order valence-corrected chi connectivity index (χ4v) is 4.74. The third-order valence-corrected chi connectivity index (χ3v) is 6.13. The predicted molar refractivity (Wildman–Crippen MR) is 76.5 cm³/mol. The van der Waals surface area contributed by atoms with Crippen molar-refractivity contribution in [3.63, 3.8) is 0 Å². The van der Waals surface area contributed by atoms with Crippen LogP contribution in [-0.2, 0) is 23.1 Å². The minimum absolute atomic E-state index is 0.253. The number of halogens is 1. The van der Waals surface area contributed by atoms with E-state index in [0.717, 1.165) is 5.56 Å². The highest BCUT2D eigenvalue weighted by molar-refractivity contribution is 9.10. The summed E-state index contributed by atoms with van der Waals surface area (Å²) in [6, 6.07) is 5.23. The van der Waals surface area contributed by atoms with E-state index in [4.69, 9.17) is 0 Å². The number of rotatable bonds is 2. The topological polar surface area (TPSA) is 68.1 Å². The van der Waals surface area contributed by atoms with Gasteiger partial charge in [0.1, 0.15) is 12.2 Å². The van der Waals surface area contributed by atoms with Crippen LogP contribution < -0.4 is 0 Å². The fraction of sp³-hybridized carbons (Fsp3) is 0.333. The minimum Gasteiger partial charge on any atom is -0.315 e. The monoisotopic (exact) mass is 356 g/mol. The molecule has 0 N–H and O–H groups in total. The number of sulfonamides is 1. The molecule has 0 saturated carbocycles. The number of fused-ring (bicyclic) bond motifs is 1. The lowest BCUT2D eigenvalue weighted by molar-refractivity contribution is 0.335. The molecule has 1 aromatic heterocycles. The number of aromatic nitrogens is 3. The van der Waals surface area contributed by atoms with Gasteiger partial charge in [0.05, 0.1) is 11.4 Å². The van der Waals surface area contributed by atoms with Gasteiger partial charge in [-0.3, -0.25) is 0 Å². The first kappa shape index (κ1) is 13.7. The first-order valence-electron chi connectivity index (χ1n) is 6.11. The van der Waals surface area contributed by atoms with Crippen LogP contribution in [0.25, 0.3) is 0 Å². The van der Waals surface area contributed by atoms with Crippen molar-refractivity contribution >= 4 is 26.0 Å². The van der Waals surface area contributed by atoms with Gasteiger partial charge in [-0.25, -0.2) is 8.42 Å². The molecule has 0 unspecified atom stereocenters. The van der Waals surface area contributed by atoms with E-state index in [9.17, 15) is 8.42 Å². The molecule has 106 valence electrons. The molecule has 0 aliphatic carbocycles. The average molecular weight is 357 g/mol. The summed E-state index contributed by atoms with van der Waals surface area (Å²) in [4.78, 5) is 0.288. The highest BCUT2D eigenvalue weighted by Crippen LogP contribution is 2.27. The highest BCUT2D eigenvalue weighted by Gasteiger charge is 2.30. The van der Waals surface area contributed by atoms with Gasteiger partial charge in [0.15, 0.2) is 0 Å². The summed E-state index contributed by atoms with van der Waals surface area (Å²) in [5, 5.41) is 7.75. The Balaban J connectivity index is 1.97. The van der Waals surface area contributed by atoms with Gasteiger partial charge in [0, 0.05) is 17.6 Å². The number of aryl methyl sites for hydroxylation is 1. The van der Waals surface area contributed by atoms with Gasteiger partial charge in [0.2, 0.25) is 10.0 Å². The standard InChI is InChI=1S/C12H13BrN4O2S/c1-9-2-3-11(10(13)6-9)20(18,19)17-5-4-16-8-14-15-12(16)7-17/h2-3,6,8H,4-5,7H2,1H3. The SMILES string of the molecule is Cc1ccc(S(=O)(=O)N2CCn3cnnc3C2)c(Br)c1. The second kappa shape index (κ2) is 4.94. The van der Waals surface area contributed by atoms with Crippen molar-refractivity contribution in [1.29, 1.82) is 0 Å². The Morgan fingerprint density at radius 3 is 2.85 bits per heavy atom. The van der Waals surface area contributed by atoms with Crippen molar-refractivity contribution in [2.24, 2.45) is 0 Å². The van der Waals surface area contributed by atoms with Crippen LogP contribution in [0.4, 0.5) is 0 Å². The maximum Gasteiger partial charge on any atom is 0.244 e. The molecule has 6 nitrogen and oxygen atoms in total. The molecule has 2 aromatic rings. The molecule has 0 fully saturated rings. The Kier molecular flexibility index (Phi) is 3.39. The average Bonchev–Trinajstić information content (AvgIpc) is 2.85. The molecule has 0 amide bonds. The van der Waals surface area contributed by atoms with Gasteiger partial charge in [-0.2, -0.15) is 4.31 Å². The molecular weight excluding hydrogens is 344 g/mol. The van der Waals surface area contributed by atoms with Gasteiger partial charge in [-0.15, -0.1) is 10.2 Å². The van der Waals surface area contributed by atoms with Crippen LogP contribution in [0.5, 0.6) is 0 Å². The van der Waals surface area contributed by atoms with Gasteiger partial charge in [-0.05, 0) is 40.5 Å². The lowest BCUT2D eigenvalue weighted by Gasteiger charge is -2.26. The number of hydrogen-bond donors (Lipinski definition) is 0. The van der Waals surface area contributed by atoms with E-state index in [0.29, 0.717) is 23.4 Å². The van der Waals surface area contributed by atoms with Crippen molar-refractivity contribution < 1.29 is 8.42 Å². The molecule has 8 heteroatoms. The van der Waals surface area contributed by atoms with E-state index >= 15 is 0 Å². The number of benzene rings is 1. The van der Waals surface area contributed by atoms with E-state index in [1.807, 2.05) is 11.5 Å². The summed E-state index contributed by atoms with van der Waals surface area (Å²) in [7, 11) is -3.52. The Bertz CT molecular complexity index is 757. The first-order chi connectivity index (χ1) is 9.48. The fourth-order valence-electron chi connectivity index (χ4n) is 2.20. The zero-order valence-electron chi connectivity index (χ0n) is 10.8. The Morgan fingerprint density at radius 1 is 1.30 bits per heavy atom. The van der Waals surface area contributed by atoms with E-state index in [2.05, 4.69) is 26.1 Å². The summed E-state index contributed by atoms with van der Waals surface area (Å²) in [5.74, 6) is 0.669. The van der Waals surface area contributed by atoms with Crippen LogP contribution in [0, 0.1) is 6.92 Å². The number of nitrogens with zero attached hydrogens (tertiary/aromatic N) is 4. The molecule has 20 heavy (non-hydrogen) atoms. The highest BCUT2D eigenvalue weighted by atomic mass is 79.9. The Hall–Kier alpha value is -1.25. The molecule has 1 aliphatic rings. The maximum absolute atomic E-state index is 12.7. The summed E-state index contributed by atoms with van der Waals surface area (Å²) >= 11 is 3.33. The van der Waals surface area contributed by atoms with Crippen molar-refractivity contribution in [2.75, 3.05) is 6.54 Å². The van der Waals surface area contributed by atoms with Crippen LogP contribution in [-0.4, -0.2) is 34.0 Å². The van der Waals surface area contributed by atoms with E-state index in [-0.39, 0.29) is 11.4 Å². The van der Waals surface area contributed by atoms with E-state index in [1.165, 1.54) is 4.31 Å². The molecule has 0 radical (unpaired) electrons. The molecule has 1 aromatic carbocycles. The van der Waals surface area contributed by atoms with Gasteiger partial charge in [0.25, 0.3) is 0 Å². The molecule has 0 spiro atoms.